The minimum atomic E-state index is -0.206. The minimum absolute atomic E-state index is 0.131. The molecule has 0 aromatic carbocycles. The van der Waals surface area contributed by atoms with Crippen LogP contribution in [0.2, 0.25) is 5.22 Å². The van der Waals surface area contributed by atoms with E-state index in [1.807, 2.05) is 6.92 Å². The lowest BCUT2D eigenvalue weighted by molar-refractivity contribution is 0.0909. The van der Waals surface area contributed by atoms with Gasteiger partial charge in [0.25, 0.3) is 5.91 Å². The van der Waals surface area contributed by atoms with Gasteiger partial charge in [-0.1, -0.05) is 13.8 Å². The van der Waals surface area contributed by atoms with Gasteiger partial charge in [-0.05, 0) is 63.1 Å². The lowest BCUT2D eigenvalue weighted by Gasteiger charge is -2.19. The molecule has 0 radical (unpaired) electrons. The maximum atomic E-state index is 11.8. The van der Waals surface area contributed by atoms with Crippen LogP contribution in [0.1, 0.15) is 44.2 Å². The van der Waals surface area contributed by atoms with E-state index in [-0.39, 0.29) is 22.9 Å². The standard InChI is InChI=1S/C14H23ClN2O2/c1-4-17(5-2)10-6-7-11(3)16-14(18)12-8-9-13(15)19-12/h8-9,11H,4-7,10H2,1-3H3,(H,16,18). The third-order valence-electron chi connectivity index (χ3n) is 3.18. The zero-order valence-electron chi connectivity index (χ0n) is 11.9. The Morgan fingerprint density at radius 1 is 1.42 bits per heavy atom. The predicted octanol–water partition coefficient (Wildman–Crippen LogP) is 3.17. The molecule has 4 nitrogen and oxygen atoms in total. The summed E-state index contributed by atoms with van der Waals surface area (Å²) in [5.74, 6) is 0.0582. The van der Waals surface area contributed by atoms with Crippen LogP contribution >= 0.6 is 11.6 Å². The lowest BCUT2D eigenvalue weighted by atomic mass is 10.1. The molecule has 0 spiro atoms. The van der Waals surface area contributed by atoms with E-state index in [9.17, 15) is 4.79 Å². The smallest absolute Gasteiger partial charge is 0.287 e. The van der Waals surface area contributed by atoms with Crippen LogP contribution < -0.4 is 5.32 Å². The number of nitrogens with zero attached hydrogens (tertiary/aromatic N) is 1. The summed E-state index contributed by atoms with van der Waals surface area (Å²) in [6.45, 7) is 9.54. The van der Waals surface area contributed by atoms with Gasteiger partial charge >= 0.3 is 0 Å². The largest absolute Gasteiger partial charge is 0.440 e. The molecular weight excluding hydrogens is 264 g/mol. The molecule has 0 aliphatic rings. The van der Waals surface area contributed by atoms with Crippen LogP contribution in [-0.4, -0.2) is 36.5 Å². The normalized spacial score (nSPS) is 12.7. The van der Waals surface area contributed by atoms with Crippen molar-refractivity contribution >= 4 is 17.5 Å². The van der Waals surface area contributed by atoms with Gasteiger partial charge in [0, 0.05) is 6.04 Å². The number of carbonyl (C=O) groups excluding carboxylic acids is 1. The minimum Gasteiger partial charge on any atom is -0.440 e. The topological polar surface area (TPSA) is 45.5 Å². The fourth-order valence-electron chi connectivity index (χ4n) is 1.96. The van der Waals surface area contributed by atoms with Crippen LogP contribution in [0, 0.1) is 0 Å². The maximum absolute atomic E-state index is 11.8. The van der Waals surface area contributed by atoms with E-state index in [1.165, 1.54) is 0 Å². The summed E-state index contributed by atoms with van der Waals surface area (Å²) in [5, 5.41) is 3.14. The third-order valence-corrected chi connectivity index (χ3v) is 3.38. The Hall–Kier alpha value is -1.00. The molecule has 0 bridgehead atoms. The van der Waals surface area contributed by atoms with Crippen molar-refractivity contribution in [2.75, 3.05) is 19.6 Å². The summed E-state index contributed by atoms with van der Waals surface area (Å²) in [4.78, 5) is 14.2. The zero-order chi connectivity index (χ0) is 14.3. The first-order valence-electron chi connectivity index (χ1n) is 6.85. The molecule has 1 heterocycles. The van der Waals surface area contributed by atoms with Gasteiger partial charge in [-0.2, -0.15) is 0 Å². The summed E-state index contributed by atoms with van der Waals surface area (Å²) in [5.41, 5.74) is 0. The second kappa shape index (κ2) is 8.23. The van der Waals surface area contributed by atoms with Crippen LogP contribution in [0.15, 0.2) is 16.5 Å². The van der Waals surface area contributed by atoms with Crippen molar-refractivity contribution in [1.29, 1.82) is 0 Å². The van der Waals surface area contributed by atoms with Crippen molar-refractivity contribution in [3.8, 4) is 0 Å². The summed E-state index contributed by atoms with van der Waals surface area (Å²) >= 11 is 5.64. The molecule has 5 heteroatoms. The quantitative estimate of drug-likeness (QED) is 0.798. The van der Waals surface area contributed by atoms with Gasteiger partial charge in [-0.15, -0.1) is 0 Å². The Bertz CT molecular complexity index is 389. The van der Waals surface area contributed by atoms with E-state index in [0.717, 1.165) is 32.5 Å². The summed E-state index contributed by atoms with van der Waals surface area (Å²) in [6, 6.07) is 3.29. The molecule has 1 aromatic heterocycles. The van der Waals surface area contributed by atoms with Crippen LogP contribution in [0.25, 0.3) is 0 Å². The van der Waals surface area contributed by atoms with E-state index in [2.05, 4.69) is 24.1 Å². The van der Waals surface area contributed by atoms with Gasteiger partial charge in [0.15, 0.2) is 11.0 Å². The van der Waals surface area contributed by atoms with Crippen LogP contribution in [-0.2, 0) is 0 Å². The Morgan fingerprint density at radius 2 is 2.11 bits per heavy atom. The van der Waals surface area contributed by atoms with Gasteiger partial charge in [0.1, 0.15) is 0 Å². The van der Waals surface area contributed by atoms with E-state index in [4.69, 9.17) is 16.0 Å². The number of halogens is 1. The van der Waals surface area contributed by atoms with Gasteiger partial charge in [-0.25, -0.2) is 0 Å². The first-order valence-corrected chi connectivity index (χ1v) is 7.23. The molecule has 1 aromatic rings. The third kappa shape index (κ3) is 5.66. The van der Waals surface area contributed by atoms with Crippen molar-refractivity contribution in [1.82, 2.24) is 10.2 Å². The van der Waals surface area contributed by atoms with Crippen molar-refractivity contribution in [2.24, 2.45) is 0 Å². The molecule has 1 atom stereocenters. The van der Waals surface area contributed by atoms with Crippen molar-refractivity contribution in [3.05, 3.63) is 23.1 Å². The average Bonchev–Trinajstić information content (AvgIpc) is 2.81. The van der Waals surface area contributed by atoms with E-state index in [1.54, 1.807) is 12.1 Å². The van der Waals surface area contributed by atoms with E-state index < -0.39 is 0 Å². The van der Waals surface area contributed by atoms with Crippen molar-refractivity contribution in [2.45, 2.75) is 39.7 Å². The van der Waals surface area contributed by atoms with Gasteiger partial charge in [0.2, 0.25) is 0 Å². The number of hydrogen-bond acceptors (Lipinski definition) is 3. The number of nitrogens with one attached hydrogen (secondary N) is 1. The molecule has 0 saturated carbocycles. The fourth-order valence-corrected chi connectivity index (χ4v) is 2.11. The number of hydrogen-bond donors (Lipinski definition) is 1. The summed E-state index contributed by atoms with van der Waals surface area (Å²) < 4.78 is 5.07. The van der Waals surface area contributed by atoms with Gasteiger partial charge in [0.05, 0.1) is 0 Å². The molecule has 0 fully saturated rings. The molecule has 0 aliphatic heterocycles. The summed E-state index contributed by atoms with van der Waals surface area (Å²) in [7, 11) is 0. The first kappa shape index (κ1) is 16.1. The van der Waals surface area contributed by atoms with Gasteiger partial charge in [-0.3, -0.25) is 4.79 Å². The van der Waals surface area contributed by atoms with E-state index in [0.29, 0.717) is 0 Å². The number of rotatable bonds is 8. The highest BCUT2D eigenvalue weighted by Gasteiger charge is 2.13. The zero-order valence-corrected chi connectivity index (χ0v) is 12.7. The molecule has 0 saturated heterocycles. The van der Waals surface area contributed by atoms with Gasteiger partial charge < -0.3 is 14.6 Å². The lowest BCUT2D eigenvalue weighted by Crippen LogP contribution is -2.33. The molecule has 1 unspecified atom stereocenters. The number of amides is 1. The predicted molar refractivity (Wildman–Crippen MR) is 77.7 cm³/mol. The molecule has 1 amide bonds. The second-order valence-corrected chi connectivity index (χ2v) is 5.02. The Balaban J connectivity index is 2.27. The summed E-state index contributed by atoms with van der Waals surface area (Å²) in [6.07, 6.45) is 2.03. The molecule has 108 valence electrons. The molecule has 1 rings (SSSR count). The highest BCUT2D eigenvalue weighted by Crippen LogP contribution is 2.13. The van der Waals surface area contributed by atoms with E-state index >= 15 is 0 Å². The molecule has 19 heavy (non-hydrogen) atoms. The fraction of sp³-hybridized carbons (Fsp3) is 0.643. The number of furan rings is 1. The highest BCUT2D eigenvalue weighted by atomic mass is 35.5. The van der Waals surface area contributed by atoms with Crippen molar-refractivity contribution < 1.29 is 9.21 Å². The Morgan fingerprint density at radius 3 is 2.63 bits per heavy atom. The maximum Gasteiger partial charge on any atom is 0.287 e. The van der Waals surface area contributed by atoms with Crippen LogP contribution in [0.4, 0.5) is 0 Å². The Kier molecular flexibility index (Phi) is 6.95. The van der Waals surface area contributed by atoms with Crippen LogP contribution in [0.5, 0.6) is 0 Å². The average molecular weight is 287 g/mol. The monoisotopic (exact) mass is 286 g/mol. The molecule has 1 N–H and O–H groups in total. The SMILES string of the molecule is CCN(CC)CCCC(C)NC(=O)c1ccc(Cl)o1. The number of carbonyl (C=O) groups is 1. The first-order chi connectivity index (χ1) is 9.06. The highest BCUT2D eigenvalue weighted by molar-refractivity contribution is 6.29. The Labute approximate surface area is 120 Å². The second-order valence-electron chi connectivity index (χ2n) is 4.65. The molecular formula is C14H23ClN2O2. The van der Waals surface area contributed by atoms with Crippen molar-refractivity contribution in [3.63, 3.8) is 0 Å². The van der Waals surface area contributed by atoms with Crippen LogP contribution in [0.3, 0.4) is 0 Å². The molecule has 0 aliphatic carbocycles.